The van der Waals surface area contributed by atoms with Gasteiger partial charge < -0.3 is 10.5 Å². The maximum atomic E-state index is 5.79. The fourth-order valence-corrected chi connectivity index (χ4v) is 2.87. The monoisotopic (exact) mass is 241 g/mol. The van der Waals surface area contributed by atoms with Crippen LogP contribution in [-0.4, -0.2) is 22.5 Å². The molecule has 1 fully saturated rings. The van der Waals surface area contributed by atoms with Crippen molar-refractivity contribution in [1.82, 2.24) is 9.36 Å². The lowest BCUT2D eigenvalue weighted by molar-refractivity contribution is 0.153. The standard InChI is InChI=1S/C11H19N3OS/c1-8-13-11(16-14-8)15-7-10-5-3-2-4-9(10)6-12/h9-10H,2-7,12H2,1H3. The number of hydrogen-bond acceptors (Lipinski definition) is 5. The average molecular weight is 241 g/mol. The zero-order valence-corrected chi connectivity index (χ0v) is 10.5. The van der Waals surface area contributed by atoms with Crippen molar-refractivity contribution in [3.63, 3.8) is 0 Å². The summed E-state index contributed by atoms with van der Waals surface area (Å²) in [5.74, 6) is 2.02. The zero-order chi connectivity index (χ0) is 11.4. The van der Waals surface area contributed by atoms with Crippen LogP contribution in [0.1, 0.15) is 31.5 Å². The minimum absolute atomic E-state index is 0.600. The highest BCUT2D eigenvalue weighted by Gasteiger charge is 2.24. The number of hydrogen-bond donors (Lipinski definition) is 1. The molecule has 0 aromatic carbocycles. The second kappa shape index (κ2) is 5.59. The summed E-state index contributed by atoms with van der Waals surface area (Å²) in [5, 5.41) is 0.693. The minimum Gasteiger partial charge on any atom is -0.469 e. The first-order valence-electron chi connectivity index (χ1n) is 5.92. The third-order valence-electron chi connectivity index (χ3n) is 3.30. The molecule has 1 aromatic heterocycles. The van der Waals surface area contributed by atoms with Crippen molar-refractivity contribution in [3.8, 4) is 5.19 Å². The summed E-state index contributed by atoms with van der Waals surface area (Å²) < 4.78 is 9.79. The van der Waals surface area contributed by atoms with Crippen LogP contribution in [0.4, 0.5) is 0 Å². The fourth-order valence-electron chi connectivity index (χ4n) is 2.33. The van der Waals surface area contributed by atoms with Crippen molar-refractivity contribution in [2.45, 2.75) is 32.6 Å². The van der Waals surface area contributed by atoms with E-state index in [1.807, 2.05) is 6.92 Å². The van der Waals surface area contributed by atoms with E-state index in [9.17, 15) is 0 Å². The molecule has 16 heavy (non-hydrogen) atoms. The molecule has 1 aliphatic carbocycles. The molecule has 0 spiro atoms. The van der Waals surface area contributed by atoms with Crippen LogP contribution in [0.3, 0.4) is 0 Å². The van der Waals surface area contributed by atoms with Gasteiger partial charge in [0.15, 0.2) is 0 Å². The third kappa shape index (κ3) is 2.92. The predicted molar refractivity (Wildman–Crippen MR) is 64.6 cm³/mol. The Morgan fingerprint density at radius 3 is 2.75 bits per heavy atom. The summed E-state index contributed by atoms with van der Waals surface area (Å²) >= 11 is 1.33. The Morgan fingerprint density at radius 2 is 2.12 bits per heavy atom. The van der Waals surface area contributed by atoms with Gasteiger partial charge in [0, 0.05) is 11.5 Å². The highest BCUT2D eigenvalue weighted by Crippen LogP contribution is 2.30. The molecule has 1 saturated carbocycles. The molecule has 1 aliphatic rings. The first kappa shape index (κ1) is 11.8. The molecule has 90 valence electrons. The van der Waals surface area contributed by atoms with Crippen molar-refractivity contribution in [2.75, 3.05) is 13.2 Å². The Bertz CT molecular complexity index is 329. The van der Waals surface area contributed by atoms with E-state index in [4.69, 9.17) is 10.5 Å². The van der Waals surface area contributed by atoms with E-state index in [1.54, 1.807) is 0 Å². The van der Waals surface area contributed by atoms with E-state index in [0.29, 0.717) is 17.0 Å². The van der Waals surface area contributed by atoms with Crippen LogP contribution in [0.2, 0.25) is 0 Å². The van der Waals surface area contributed by atoms with Gasteiger partial charge in [-0.2, -0.15) is 9.36 Å². The number of nitrogens with zero attached hydrogens (tertiary/aromatic N) is 2. The number of nitrogens with two attached hydrogens (primary N) is 1. The van der Waals surface area contributed by atoms with Crippen LogP contribution in [0.25, 0.3) is 0 Å². The largest absolute Gasteiger partial charge is 0.469 e. The molecule has 4 nitrogen and oxygen atoms in total. The van der Waals surface area contributed by atoms with Crippen LogP contribution in [-0.2, 0) is 0 Å². The van der Waals surface area contributed by atoms with Gasteiger partial charge in [0.05, 0.1) is 6.61 Å². The fraction of sp³-hybridized carbons (Fsp3) is 0.818. The van der Waals surface area contributed by atoms with E-state index in [1.165, 1.54) is 37.2 Å². The summed E-state index contributed by atoms with van der Waals surface area (Å²) in [5.41, 5.74) is 5.79. The Balaban J connectivity index is 1.84. The normalized spacial score (nSPS) is 25.6. The van der Waals surface area contributed by atoms with Gasteiger partial charge in [-0.25, -0.2) is 0 Å². The van der Waals surface area contributed by atoms with Crippen molar-refractivity contribution >= 4 is 11.5 Å². The van der Waals surface area contributed by atoms with E-state index in [0.717, 1.165) is 19.0 Å². The molecule has 0 bridgehead atoms. The molecular weight excluding hydrogens is 222 g/mol. The van der Waals surface area contributed by atoms with Crippen molar-refractivity contribution in [2.24, 2.45) is 17.6 Å². The summed E-state index contributed by atoms with van der Waals surface area (Å²) in [6.07, 6.45) is 5.11. The molecule has 2 rings (SSSR count). The van der Waals surface area contributed by atoms with Gasteiger partial charge in [0.2, 0.25) is 0 Å². The highest BCUT2D eigenvalue weighted by atomic mass is 32.1. The van der Waals surface area contributed by atoms with Gasteiger partial charge in [-0.1, -0.05) is 12.8 Å². The van der Waals surface area contributed by atoms with E-state index >= 15 is 0 Å². The average Bonchev–Trinajstić information content (AvgIpc) is 2.73. The minimum atomic E-state index is 0.600. The SMILES string of the molecule is Cc1nsc(OCC2CCCCC2CN)n1. The lowest BCUT2D eigenvalue weighted by atomic mass is 9.80. The molecule has 2 unspecified atom stereocenters. The first-order valence-corrected chi connectivity index (χ1v) is 6.70. The van der Waals surface area contributed by atoms with Crippen LogP contribution in [0.15, 0.2) is 0 Å². The first-order chi connectivity index (χ1) is 7.79. The molecular formula is C11H19N3OS. The van der Waals surface area contributed by atoms with Gasteiger partial charge in [0.1, 0.15) is 5.82 Å². The van der Waals surface area contributed by atoms with E-state index in [2.05, 4.69) is 9.36 Å². The summed E-state index contributed by atoms with van der Waals surface area (Å²) in [7, 11) is 0. The quantitative estimate of drug-likeness (QED) is 0.875. The molecule has 0 radical (unpaired) electrons. The molecule has 2 atom stereocenters. The van der Waals surface area contributed by atoms with Gasteiger partial charge >= 0.3 is 0 Å². The zero-order valence-electron chi connectivity index (χ0n) is 9.69. The van der Waals surface area contributed by atoms with Crippen molar-refractivity contribution in [1.29, 1.82) is 0 Å². The molecule has 0 amide bonds. The molecule has 0 saturated heterocycles. The van der Waals surface area contributed by atoms with Crippen LogP contribution < -0.4 is 10.5 Å². The van der Waals surface area contributed by atoms with E-state index < -0.39 is 0 Å². The van der Waals surface area contributed by atoms with Gasteiger partial charge in [-0.3, -0.25) is 0 Å². The summed E-state index contributed by atoms with van der Waals surface area (Å²) in [6.45, 7) is 3.41. The van der Waals surface area contributed by atoms with E-state index in [-0.39, 0.29) is 0 Å². The Hall–Kier alpha value is -0.680. The second-order valence-electron chi connectivity index (χ2n) is 4.46. The Kier molecular flexibility index (Phi) is 4.12. The number of rotatable bonds is 4. The molecule has 0 aliphatic heterocycles. The van der Waals surface area contributed by atoms with Crippen molar-refractivity contribution in [3.05, 3.63) is 5.82 Å². The highest BCUT2D eigenvalue weighted by molar-refractivity contribution is 7.07. The van der Waals surface area contributed by atoms with Gasteiger partial charge in [-0.15, -0.1) is 0 Å². The van der Waals surface area contributed by atoms with Crippen LogP contribution in [0.5, 0.6) is 5.19 Å². The molecule has 5 heteroatoms. The second-order valence-corrected chi connectivity index (χ2v) is 5.17. The van der Waals surface area contributed by atoms with Crippen molar-refractivity contribution < 1.29 is 4.74 Å². The lowest BCUT2D eigenvalue weighted by Crippen LogP contribution is -2.30. The Labute approximate surface area is 100 Å². The molecule has 2 N–H and O–H groups in total. The smallest absolute Gasteiger partial charge is 0.293 e. The van der Waals surface area contributed by atoms with Crippen LogP contribution >= 0.6 is 11.5 Å². The topological polar surface area (TPSA) is 61.0 Å². The Morgan fingerprint density at radius 1 is 1.38 bits per heavy atom. The summed E-state index contributed by atoms with van der Waals surface area (Å²) in [4.78, 5) is 4.20. The maximum absolute atomic E-state index is 5.79. The van der Waals surface area contributed by atoms with Gasteiger partial charge in [0.25, 0.3) is 5.19 Å². The maximum Gasteiger partial charge on any atom is 0.293 e. The number of ether oxygens (including phenoxy) is 1. The molecule has 1 aromatic rings. The van der Waals surface area contributed by atoms with Gasteiger partial charge in [-0.05, 0) is 38.1 Å². The number of aryl methyl sites for hydroxylation is 1. The third-order valence-corrected chi connectivity index (χ3v) is 4.02. The molecule has 1 heterocycles. The predicted octanol–water partition coefficient (Wildman–Crippen LogP) is 1.99. The lowest BCUT2D eigenvalue weighted by Gasteiger charge is -2.29. The van der Waals surface area contributed by atoms with Crippen LogP contribution in [0, 0.1) is 18.8 Å². The number of aromatic nitrogens is 2. The summed E-state index contributed by atoms with van der Waals surface area (Å²) in [6, 6.07) is 0.